The number of hydrogen-bond acceptors (Lipinski definition) is 2. The molecule has 2 nitrogen and oxygen atoms in total. The monoisotopic (exact) mass is 261 g/mol. The van der Waals surface area contributed by atoms with E-state index in [0.29, 0.717) is 12.5 Å². The molecular weight excluding hydrogens is 234 g/mol. The topological polar surface area (TPSA) is 21.3 Å². The molecule has 0 heterocycles. The predicted molar refractivity (Wildman–Crippen MR) is 83.6 cm³/mol. The van der Waals surface area contributed by atoms with Crippen LogP contribution in [0, 0.1) is 5.92 Å². The number of ether oxygens (including phenoxy) is 1. The van der Waals surface area contributed by atoms with Crippen LogP contribution in [0.3, 0.4) is 0 Å². The second kappa shape index (κ2) is 8.76. The summed E-state index contributed by atoms with van der Waals surface area (Å²) in [4.78, 5) is 0. The molecule has 0 aliphatic carbocycles. The fourth-order valence-corrected chi connectivity index (χ4v) is 1.86. The zero-order valence-electron chi connectivity index (χ0n) is 12.7. The molecule has 0 aromatic heterocycles. The third kappa shape index (κ3) is 6.44. The summed E-state index contributed by atoms with van der Waals surface area (Å²) in [5.74, 6) is 1.64. The van der Waals surface area contributed by atoms with Crippen molar-refractivity contribution in [1.29, 1.82) is 0 Å². The molecule has 0 spiro atoms. The molecule has 0 radical (unpaired) electrons. The summed E-state index contributed by atoms with van der Waals surface area (Å²) >= 11 is 0. The minimum absolute atomic E-state index is 0.698. The van der Waals surface area contributed by atoms with Gasteiger partial charge in [-0.15, -0.1) is 0 Å². The smallest absolute Gasteiger partial charge is 0.119 e. The Morgan fingerprint density at radius 2 is 1.89 bits per heavy atom. The molecule has 0 aliphatic heterocycles. The van der Waals surface area contributed by atoms with Crippen molar-refractivity contribution in [2.24, 2.45) is 5.92 Å². The Hall–Kier alpha value is -1.28. The van der Waals surface area contributed by atoms with Gasteiger partial charge >= 0.3 is 0 Å². The Morgan fingerprint density at radius 1 is 1.21 bits per heavy atom. The van der Waals surface area contributed by atoms with E-state index in [1.54, 1.807) is 0 Å². The van der Waals surface area contributed by atoms with Crippen LogP contribution >= 0.6 is 0 Å². The van der Waals surface area contributed by atoms with Gasteiger partial charge in [0.05, 0.1) is 6.61 Å². The lowest BCUT2D eigenvalue weighted by molar-refractivity contribution is 0.340. The van der Waals surface area contributed by atoms with Crippen LogP contribution in [0.4, 0.5) is 0 Å². The minimum Gasteiger partial charge on any atom is -0.494 e. The molecule has 0 unspecified atom stereocenters. The summed E-state index contributed by atoms with van der Waals surface area (Å²) in [6, 6.07) is 8.29. The van der Waals surface area contributed by atoms with Crippen molar-refractivity contribution in [2.45, 2.75) is 34.1 Å². The summed E-state index contributed by atoms with van der Waals surface area (Å²) in [6.07, 6.45) is 3.35. The Balaban J connectivity index is 2.58. The molecule has 2 heteroatoms. The van der Waals surface area contributed by atoms with Gasteiger partial charge in [0.2, 0.25) is 0 Å². The number of nitrogens with one attached hydrogen (secondary N) is 1. The van der Waals surface area contributed by atoms with Gasteiger partial charge < -0.3 is 10.1 Å². The Kier molecular flexibility index (Phi) is 7.27. The van der Waals surface area contributed by atoms with Crippen LogP contribution in [-0.4, -0.2) is 19.7 Å². The molecule has 0 fully saturated rings. The third-order valence-corrected chi connectivity index (χ3v) is 2.92. The Labute approximate surface area is 117 Å². The second-order valence-corrected chi connectivity index (χ2v) is 5.18. The molecule has 1 aromatic rings. The van der Waals surface area contributed by atoms with Crippen LogP contribution < -0.4 is 10.1 Å². The number of hydrogen-bond donors (Lipinski definition) is 1. The lowest BCUT2D eigenvalue weighted by Crippen LogP contribution is -2.21. The van der Waals surface area contributed by atoms with Gasteiger partial charge in [-0.05, 0) is 43.5 Å². The first-order chi connectivity index (χ1) is 9.15. The van der Waals surface area contributed by atoms with Crippen LogP contribution in [0.15, 0.2) is 29.8 Å². The quantitative estimate of drug-likeness (QED) is 0.760. The normalized spacial score (nSPS) is 11.9. The van der Waals surface area contributed by atoms with Gasteiger partial charge in [0.1, 0.15) is 5.75 Å². The van der Waals surface area contributed by atoms with E-state index in [1.165, 1.54) is 11.1 Å². The minimum atomic E-state index is 0.698. The van der Waals surface area contributed by atoms with Crippen molar-refractivity contribution < 1.29 is 4.74 Å². The van der Waals surface area contributed by atoms with Gasteiger partial charge in [-0.25, -0.2) is 0 Å². The lowest BCUT2D eigenvalue weighted by Gasteiger charge is -2.10. The highest BCUT2D eigenvalue weighted by Gasteiger charge is 1.98. The molecule has 106 valence electrons. The largest absolute Gasteiger partial charge is 0.494 e. The summed E-state index contributed by atoms with van der Waals surface area (Å²) < 4.78 is 5.45. The van der Waals surface area contributed by atoms with Crippen LogP contribution in [0.2, 0.25) is 0 Å². The van der Waals surface area contributed by atoms with Gasteiger partial charge in [-0.2, -0.15) is 0 Å². The SMILES string of the molecule is CCOc1ccc(C=C(CC)CNCC(C)C)cc1. The molecule has 0 saturated heterocycles. The summed E-state index contributed by atoms with van der Waals surface area (Å²) in [5, 5.41) is 3.49. The highest BCUT2D eigenvalue weighted by Crippen LogP contribution is 2.15. The van der Waals surface area contributed by atoms with Crippen molar-refractivity contribution in [1.82, 2.24) is 5.32 Å². The van der Waals surface area contributed by atoms with E-state index in [4.69, 9.17) is 4.74 Å². The van der Waals surface area contributed by atoms with E-state index in [1.807, 2.05) is 19.1 Å². The zero-order chi connectivity index (χ0) is 14.1. The summed E-state index contributed by atoms with van der Waals surface area (Å²) in [5.41, 5.74) is 2.68. The van der Waals surface area contributed by atoms with E-state index in [-0.39, 0.29) is 0 Å². The number of rotatable bonds is 8. The summed E-state index contributed by atoms with van der Waals surface area (Å²) in [7, 11) is 0. The van der Waals surface area contributed by atoms with Gasteiger partial charge in [-0.3, -0.25) is 0 Å². The maximum Gasteiger partial charge on any atom is 0.119 e. The molecule has 0 atom stereocenters. The fraction of sp³-hybridized carbons (Fsp3) is 0.529. The van der Waals surface area contributed by atoms with Crippen LogP contribution in [-0.2, 0) is 0 Å². The van der Waals surface area contributed by atoms with Crippen molar-refractivity contribution in [3.8, 4) is 5.75 Å². The van der Waals surface area contributed by atoms with Crippen LogP contribution in [0.1, 0.15) is 39.7 Å². The van der Waals surface area contributed by atoms with Gasteiger partial charge in [0, 0.05) is 6.54 Å². The van der Waals surface area contributed by atoms with E-state index in [2.05, 4.69) is 44.3 Å². The van der Waals surface area contributed by atoms with Crippen LogP contribution in [0.5, 0.6) is 5.75 Å². The molecule has 19 heavy (non-hydrogen) atoms. The molecule has 0 saturated carbocycles. The van der Waals surface area contributed by atoms with Gasteiger partial charge in [0.15, 0.2) is 0 Å². The standard InChI is InChI=1S/C17H27NO/c1-5-15(13-18-12-14(3)4)11-16-7-9-17(10-8-16)19-6-2/h7-11,14,18H,5-6,12-13H2,1-4H3. The van der Waals surface area contributed by atoms with Gasteiger partial charge in [-0.1, -0.05) is 44.6 Å². The van der Waals surface area contributed by atoms with Crippen LogP contribution in [0.25, 0.3) is 6.08 Å². The zero-order valence-corrected chi connectivity index (χ0v) is 12.7. The van der Waals surface area contributed by atoms with E-state index in [0.717, 1.165) is 25.3 Å². The van der Waals surface area contributed by atoms with Crippen molar-refractivity contribution in [3.63, 3.8) is 0 Å². The highest BCUT2D eigenvalue weighted by molar-refractivity contribution is 5.54. The highest BCUT2D eigenvalue weighted by atomic mass is 16.5. The third-order valence-electron chi connectivity index (χ3n) is 2.92. The van der Waals surface area contributed by atoms with Crippen molar-refractivity contribution in [2.75, 3.05) is 19.7 Å². The first-order valence-corrected chi connectivity index (χ1v) is 7.28. The maximum atomic E-state index is 5.45. The lowest BCUT2D eigenvalue weighted by atomic mass is 10.1. The average Bonchev–Trinajstić information content (AvgIpc) is 2.39. The molecule has 1 aromatic carbocycles. The molecule has 0 amide bonds. The van der Waals surface area contributed by atoms with Crippen molar-refractivity contribution in [3.05, 3.63) is 35.4 Å². The first kappa shape index (κ1) is 15.8. The molecule has 1 rings (SSSR count). The predicted octanol–water partition coefficient (Wildman–Crippen LogP) is 4.12. The Bertz CT molecular complexity index is 379. The molecule has 0 aliphatic rings. The molecule has 0 bridgehead atoms. The van der Waals surface area contributed by atoms with Crippen molar-refractivity contribution >= 4 is 6.08 Å². The van der Waals surface area contributed by atoms with E-state index in [9.17, 15) is 0 Å². The molecular formula is C17H27NO. The Morgan fingerprint density at radius 3 is 2.42 bits per heavy atom. The number of benzene rings is 1. The average molecular weight is 261 g/mol. The van der Waals surface area contributed by atoms with E-state index >= 15 is 0 Å². The fourth-order valence-electron chi connectivity index (χ4n) is 1.86. The second-order valence-electron chi connectivity index (χ2n) is 5.18. The van der Waals surface area contributed by atoms with Gasteiger partial charge in [0.25, 0.3) is 0 Å². The van der Waals surface area contributed by atoms with E-state index < -0.39 is 0 Å². The summed E-state index contributed by atoms with van der Waals surface area (Å²) in [6.45, 7) is 11.4. The molecule has 1 N–H and O–H groups in total. The first-order valence-electron chi connectivity index (χ1n) is 7.28. The maximum absolute atomic E-state index is 5.45.